The maximum atomic E-state index is 6.18. The molecular formula is C24H19N5O. The summed E-state index contributed by atoms with van der Waals surface area (Å²) in [5.74, 6) is 1.20. The predicted molar refractivity (Wildman–Crippen MR) is 115 cm³/mol. The second-order valence-electron chi connectivity index (χ2n) is 6.91. The Balaban J connectivity index is 1.68. The minimum Gasteiger partial charge on any atom is -0.470 e. The number of pyridine rings is 1. The average Bonchev–Trinajstić information content (AvgIpc) is 3.24. The standard InChI is InChI=1S/C24H19N5O/c1-17-21(18-10-4-2-5-11-18)24(30-16-20-14-8-9-15-25-20)28-29-22(17)26-27-23(29)19-12-6-3-7-13-19/h2-15H,16H2,1H3. The molecule has 5 aromatic rings. The van der Waals surface area contributed by atoms with Crippen LogP contribution in [0.4, 0.5) is 0 Å². The van der Waals surface area contributed by atoms with Crippen LogP contribution in [0.1, 0.15) is 11.3 Å². The first-order chi connectivity index (χ1) is 14.8. The monoisotopic (exact) mass is 393 g/mol. The predicted octanol–water partition coefficient (Wildman–Crippen LogP) is 4.74. The lowest BCUT2D eigenvalue weighted by Gasteiger charge is -2.14. The smallest absolute Gasteiger partial charge is 0.240 e. The van der Waals surface area contributed by atoms with E-state index in [0.717, 1.165) is 27.9 Å². The van der Waals surface area contributed by atoms with Crippen molar-refractivity contribution in [2.45, 2.75) is 13.5 Å². The van der Waals surface area contributed by atoms with Gasteiger partial charge in [-0.2, -0.15) is 4.52 Å². The summed E-state index contributed by atoms with van der Waals surface area (Å²) in [5, 5.41) is 13.6. The Bertz CT molecular complexity index is 1290. The van der Waals surface area contributed by atoms with E-state index >= 15 is 0 Å². The van der Waals surface area contributed by atoms with Crippen molar-refractivity contribution in [1.29, 1.82) is 0 Å². The molecule has 6 heteroatoms. The van der Waals surface area contributed by atoms with Crippen LogP contribution in [-0.2, 0) is 6.61 Å². The Hall–Kier alpha value is -4.06. The van der Waals surface area contributed by atoms with Crippen LogP contribution in [-0.4, -0.2) is 24.8 Å². The lowest BCUT2D eigenvalue weighted by Crippen LogP contribution is -2.06. The van der Waals surface area contributed by atoms with Crippen molar-refractivity contribution in [1.82, 2.24) is 24.8 Å². The quantitative estimate of drug-likeness (QED) is 0.431. The van der Waals surface area contributed by atoms with Crippen LogP contribution >= 0.6 is 0 Å². The summed E-state index contributed by atoms with van der Waals surface area (Å²) in [6.07, 6.45) is 1.76. The molecule has 0 radical (unpaired) electrons. The van der Waals surface area contributed by atoms with Gasteiger partial charge in [0.15, 0.2) is 11.5 Å². The van der Waals surface area contributed by atoms with Gasteiger partial charge in [-0.3, -0.25) is 4.98 Å². The summed E-state index contributed by atoms with van der Waals surface area (Å²) in [4.78, 5) is 4.35. The van der Waals surface area contributed by atoms with Gasteiger partial charge in [-0.25, -0.2) is 0 Å². The SMILES string of the molecule is Cc1c(-c2ccccc2)c(OCc2ccccn2)nn2c(-c3ccccc3)nnc12. The van der Waals surface area contributed by atoms with Gasteiger partial charge < -0.3 is 4.74 Å². The molecule has 0 bridgehead atoms. The molecule has 0 atom stereocenters. The maximum Gasteiger partial charge on any atom is 0.240 e. The molecule has 0 unspecified atom stereocenters. The molecule has 30 heavy (non-hydrogen) atoms. The van der Waals surface area contributed by atoms with Gasteiger partial charge in [0, 0.05) is 17.3 Å². The molecule has 0 aliphatic rings. The molecule has 3 aromatic heterocycles. The number of nitrogens with zero attached hydrogens (tertiary/aromatic N) is 5. The number of benzene rings is 2. The van der Waals surface area contributed by atoms with Crippen molar-refractivity contribution in [2.24, 2.45) is 0 Å². The number of hydrogen-bond acceptors (Lipinski definition) is 5. The average molecular weight is 393 g/mol. The van der Waals surface area contributed by atoms with Crippen molar-refractivity contribution in [3.8, 4) is 28.4 Å². The van der Waals surface area contributed by atoms with Gasteiger partial charge in [-0.1, -0.05) is 66.7 Å². The molecule has 2 aromatic carbocycles. The summed E-state index contributed by atoms with van der Waals surface area (Å²) < 4.78 is 7.93. The summed E-state index contributed by atoms with van der Waals surface area (Å²) in [7, 11) is 0. The van der Waals surface area contributed by atoms with Crippen molar-refractivity contribution >= 4 is 5.65 Å². The fourth-order valence-electron chi connectivity index (χ4n) is 3.46. The van der Waals surface area contributed by atoms with Gasteiger partial charge in [0.1, 0.15) is 6.61 Å². The zero-order valence-corrected chi connectivity index (χ0v) is 16.4. The molecule has 0 amide bonds. The first-order valence-corrected chi connectivity index (χ1v) is 9.71. The molecular weight excluding hydrogens is 374 g/mol. The number of aryl methyl sites for hydroxylation is 1. The van der Waals surface area contributed by atoms with Crippen LogP contribution in [0.2, 0.25) is 0 Å². The molecule has 5 rings (SSSR count). The summed E-state index contributed by atoms with van der Waals surface area (Å²) in [5.41, 5.74) is 5.37. The van der Waals surface area contributed by atoms with Crippen molar-refractivity contribution in [2.75, 3.05) is 0 Å². The van der Waals surface area contributed by atoms with E-state index in [9.17, 15) is 0 Å². The highest BCUT2D eigenvalue weighted by Crippen LogP contribution is 2.34. The minimum absolute atomic E-state index is 0.321. The topological polar surface area (TPSA) is 65.2 Å². The number of hydrogen-bond donors (Lipinski definition) is 0. The first-order valence-electron chi connectivity index (χ1n) is 9.71. The second kappa shape index (κ2) is 7.75. The van der Waals surface area contributed by atoms with E-state index in [4.69, 9.17) is 9.84 Å². The number of aromatic nitrogens is 5. The third-order valence-corrected chi connectivity index (χ3v) is 4.93. The van der Waals surface area contributed by atoms with Crippen LogP contribution in [0.25, 0.3) is 28.2 Å². The fraction of sp³-hybridized carbons (Fsp3) is 0.0833. The lowest BCUT2D eigenvalue weighted by atomic mass is 10.0. The Morgan fingerprint density at radius 1 is 0.800 bits per heavy atom. The molecule has 0 fully saturated rings. The Labute approximate surface area is 173 Å². The van der Waals surface area contributed by atoms with E-state index in [2.05, 4.69) is 15.2 Å². The van der Waals surface area contributed by atoms with Gasteiger partial charge in [0.2, 0.25) is 5.88 Å². The minimum atomic E-state index is 0.321. The normalized spacial score (nSPS) is 11.0. The maximum absolute atomic E-state index is 6.18. The highest BCUT2D eigenvalue weighted by atomic mass is 16.5. The zero-order chi connectivity index (χ0) is 20.3. The van der Waals surface area contributed by atoms with E-state index in [-0.39, 0.29) is 0 Å². The fourth-order valence-corrected chi connectivity index (χ4v) is 3.46. The number of fused-ring (bicyclic) bond motifs is 1. The van der Waals surface area contributed by atoms with Crippen LogP contribution in [0.15, 0.2) is 85.1 Å². The third-order valence-electron chi connectivity index (χ3n) is 4.93. The van der Waals surface area contributed by atoms with E-state index in [0.29, 0.717) is 24.0 Å². The summed E-state index contributed by atoms with van der Waals surface area (Å²) >= 11 is 0. The highest BCUT2D eigenvalue weighted by Gasteiger charge is 2.20. The largest absolute Gasteiger partial charge is 0.470 e. The van der Waals surface area contributed by atoms with Crippen LogP contribution in [0.3, 0.4) is 0 Å². The summed E-state index contributed by atoms with van der Waals surface area (Å²) in [6.45, 7) is 2.35. The molecule has 0 aliphatic carbocycles. The number of ether oxygens (including phenoxy) is 1. The highest BCUT2D eigenvalue weighted by molar-refractivity contribution is 5.77. The van der Waals surface area contributed by atoms with Crippen LogP contribution < -0.4 is 4.74 Å². The van der Waals surface area contributed by atoms with E-state index in [1.165, 1.54) is 0 Å². The molecule has 0 saturated heterocycles. The molecule has 146 valence electrons. The Morgan fingerprint density at radius 3 is 2.20 bits per heavy atom. The van der Waals surface area contributed by atoms with E-state index < -0.39 is 0 Å². The molecule has 0 spiro atoms. The van der Waals surface area contributed by atoms with Crippen molar-refractivity contribution in [3.05, 3.63) is 96.3 Å². The van der Waals surface area contributed by atoms with E-state index in [1.807, 2.05) is 85.8 Å². The molecule has 0 saturated carbocycles. The molecule has 6 nitrogen and oxygen atoms in total. The first kappa shape index (κ1) is 18.0. The van der Waals surface area contributed by atoms with Gasteiger partial charge in [-0.05, 0) is 24.6 Å². The lowest BCUT2D eigenvalue weighted by molar-refractivity contribution is 0.286. The van der Waals surface area contributed by atoms with Crippen molar-refractivity contribution < 1.29 is 4.74 Å². The third kappa shape index (κ3) is 3.28. The number of rotatable bonds is 5. The van der Waals surface area contributed by atoms with Gasteiger partial charge in [-0.15, -0.1) is 15.3 Å². The van der Waals surface area contributed by atoms with Gasteiger partial charge in [0.25, 0.3) is 0 Å². The van der Waals surface area contributed by atoms with Crippen LogP contribution in [0, 0.1) is 6.92 Å². The summed E-state index contributed by atoms with van der Waals surface area (Å²) in [6, 6.07) is 25.7. The van der Waals surface area contributed by atoms with Gasteiger partial charge in [0.05, 0.1) is 11.3 Å². The molecule has 3 heterocycles. The van der Waals surface area contributed by atoms with Gasteiger partial charge >= 0.3 is 0 Å². The molecule has 0 N–H and O–H groups in total. The molecule has 0 aliphatic heterocycles. The van der Waals surface area contributed by atoms with Crippen LogP contribution in [0.5, 0.6) is 5.88 Å². The second-order valence-corrected chi connectivity index (χ2v) is 6.91. The Morgan fingerprint density at radius 2 is 1.50 bits per heavy atom. The van der Waals surface area contributed by atoms with Crippen molar-refractivity contribution in [3.63, 3.8) is 0 Å². The van der Waals surface area contributed by atoms with E-state index in [1.54, 1.807) is 10.7 Å². The Kier molecular flexibility index (Phi) is 4.65. The zero-order valence-electron chi connectivity index (χ0n) is 16.4.